The summed E-state index contributed by atoms with van der Waals surface area (Å²) in [5.41, 5.74) is 7.97. The van der Waals surface area contributed by atoms with Crippen molar-refractivity contribution in [3.63, 3.8) is 0 Å². The largest absolute Gasteiger partial charge is 0.382 e. The van der Waals surface area contributed by atoms with Crippen LogP contribution >= 0.6 is 11.3 Å². The molecule has 0 spiro atoms. The standard InChI is InChI=1S/C18H11N3S/c19-18-17-14(15-13(21-18)6-3-9-20-15)12-8-7-10-4-1-2-5-11(10)16(12)22-17/h1-9H,(H2,19,21). The van der Waals surface area contributed by atoms with Gasteiger partial charge in [0.15, 0.2) is 0 Å². The number of fused-ring (bicyclic) bond motifs is 7. The maximum absolute atomic E-state index is 6.20. The lowest BCUT2D eigenvalue weighted by Gasteiger charge is -2.02. The third-order valence-electron chi connectivity index (χ3n) is 4.08. The molecule has 0 bridgehead atoms. The molecule has 5 rings (SSSR count). The number of benzene rings is 2. The molecule has 2 aromatic carbocycles. The van der Waals surface area contributed by atoms with E-state index in [9.17, 15) is 0 Å². The van der Waals surface area contributed by atoms with Crippen molar-refractivity contribution >= 4 is 59.1 Å². The Hall–Kier alpha value is -2.72. The lowest BCUT2D eigenvalue weighted by atomic mass is 10.1. The third kappa shape index (κ3) is 1.45. The Bertz CT molecular complexity index is 1190. The van der Waals surface area contributed by atoms with E-state index in [1.54, 1.807) is 11.3 Å². The Labute approximate surface area is 130 Å². The van der Waals surface area contributed by atoms with Crippen LogP contribution < -0.4 is 5.73 Å². The van der Waals surface area contributed by atoms with Crippen LogP contribution in [0.4, 0.5) is 5.82 Å². The molecule has 0 saturated heterocycles. The number of anilines is 1. The summed E-state index contributed by atoms with van der Waals surface area (Å²) in [5.74, 6) is 0.584. The van der Waals surface area contributed by atoms with E-state index >= 15 is 0 Å². The van der Waals surface area contributed by atoms with E-state index in [4.69, 9.17) is 5.73 Å². The molecule has 0 aliphatic rings. The highest BCUT2D eigenvalue weighted by Gasteiger charge is 2.15. The summed E-state index contributed by atoms with van der Waals surface area (Å²) in [7, 11) is 0. The van der Waals surface area contributed by atoms with Gasteiger partial charge < -0.3 is 5.73 Å². The van der Waals surface area contributed by atoms with Gasteiger partial charge in [0.25, 0.3) is 0 Å². The van der Waals surface area contributed by atoms with Crippen molar-refractivity contribution in [2.45, 2.75) is 0 Å². The van der Waals surface area contributed by atoms with Crippen LogP contribution in [0.1, 0.15) is 0 Å². The molecule has 3 heterocycles. The minimum absolute atomic E-state index is 0.584. The molecule has 0 saturated carbocycles. The highest BCUT2D eigenvalue weighted by molar-refractivity contribution is 7.27. The monoisotopic (exact) mass is 301 g/mol. The van der Waals surface area contributed by atoms with Gasteiger partial charge in [-0.15, -0.1) is 11.3 Å². The Morgan fingerprint density at radius 1 is 0.864 bits per heavy atom. The molecule has 3 nitrogen and oxygen atoms in total. The second-order valence-corrected chi connectivity index (χ2v) is 6.36. The quantitative estimate of drug-likeness (QED) is 0.450. The van der Waals surface area contributed by atoms with Crippen LogP contribution in [0.25, 0.3) is 42.0 Å². The number of pyridine rings is 2. The Kier molecular flexibility index (Phi) is 2.24. The van der Waals surface area contributed by atoms with Gasteiger partial charge in [0, 0.05) is 21.7 Å². The SMILES string of the molecule is Nc1nc2cccnc2c2c1sc1c3ccccc3ccc12. The number of thiophene rings is 1. The van der Waals surface area contributed by atoms with Crippen LogP contribution in [-0.4, -0.2) is 9.97 Å². The molecule has 0 amide bonds. The summed E-state index contributed by atoms with van der Waals surface area (Å²) in [4.78, 5) is 9.05. The number of aromatic nitrogens is 2. The number of nitrogens with zero attached hydrogens (tertiary/aromatic N) is 2. The summed E-state index contributed by atoms with van der Waals surface area (Å²) in [6.45, 7) is 0. The van der Waals surface area contributed by atoms with Crippen molar-refractivity contribution in [1.82, 2.24) is 9.97 Å². The van der Waals surface area contributed by atoms with Gasteiger partial charge in [-0.05, 0) is 22.9 Å². The van der Waals surface area contributed by atoms with Crippen LogP contribution in [0.15, 0.2) is 54.7 Å². The molecule has 0 aliphatic carbocycles. The Balaban J connectivity index is 2.14. The topological polar surface area (TPSA) is 51.8 Å². The van der Waals surface area contributed by atoms with Gasteiger partial charge in [-0.25, -0.2) is 4.98 Å². The Morgan fingerprint density at radius 2 is 1.77 bits per heavy atom. The molecule has 22 heavy (non-hydrogen) atoms. The smallest absolute Gasteiger partial charge is 0.142 e. The zero-order valence-electron chi connectivity index (χ0n) is 11.6. The average Bonchev–Trinajstić information content (AvgIpc) is 2.96. The normalized spacial score (nSPS) is 11.8. The Morgan fingerprint density at radius 3 is 2.73 bits per heavy atom. The van der Waals surface area contributed by atoms with E-state index in [-0.39, 0.29) is 0 Å². The molecular weight excluding hydrogens is 290 g/mol. The van der Waals surface area contributed by atoms with Gasteiger partial charge in [0.1, 0.15) is 5.82 Å². The summed E-state index contributed by atoms with van der Waals surface area (Å²) in [5, 5.41) is 4.82. The van der Waals surface area contributed by atoms with Crippen LogP contribution in [0, 0.1) is 0 Å². The zero-order valence-corrected chi connectivity index (χ0v) is 12.4. The van der Waals surface area contributed by atoms with Crippen molar-refractivity contribution in [1.29, 1.82) is 0 Å². The summed E-state index contributed by atoms with van der Waals surface area (Å²) in [6.07, 6.45) is 1.81. The van der Waals surface area contributed by atoms with Crippen LogP contribution in [-0.2, 0) is 0 Å². The van der Waals surface area contributed by atoms with Crippen molar-refractivity contribution in [3.05, 3.63) is 54.7 Å². The minimum atomic E-state index is 0.584. The molecule has 2 N–H and O–H groups in total. The van der Waals surface area contributed by atoms with Crippen LogP contribution in [0.3, 0.4) is 0 Å². The summed E-state index contributed by atoms with van der Waals surface area (Å²) in [6, 6.07) is 16.6. The predicted octanol–water partition coefficient (Wildman–Crippen LogP) is 4.73. The zero-order chi connectivity index (χ0) is 14.7. The molecule has 0 atom stereocenters. The summed E-state index contributed by atoms with van der Waals surface area (Å²) < 4.78 is 2.28. The van der Waals surface area contributed by atoms with Crippen molar-refractivity contribution in [2.75, 3.05) is 5.73 Å². The first kappa shape index (κ1) is 11.9. The molecule has 0 fully saturated rings. The molecule has 0 aliphatic heterocycles. The maximum atomic E-state index is 6.20. The highest BCUT2D eigenvalue weighted by Crippen LogP contribution is 2.42. The van der Waals surface area contributed by atoms with Crippen molar-refractivity contribution in [2.24, 2.45) is 0 Å². The fraction of sp³-hybridized carbons (Fsp3) is 0. The number of hydrogen-bond acceptors (Lipinski definition) is 4. The number of nitrogens with two attached hydrogens (primary N) is 1. The number of nitrogen functional groups attached to an aromatic ring is 1. The van der Waals surface area contributed by atoms with Gasteiger partial charge in [0.05, 0.1) is 15.7 Å². The van der Waals surface area contributed by atoms with Gasteiger partial charge in [-0.2, -0.15) is 0 Å². The first-order valence-electron chi connectivity index (χ1n) is 7.07. The molecule has 0 radical (unpaired) electrons. The molecular formula is C18H11N3S. The van der Waals surface area contributed by atoms with Gasteiger partial charge in [0.2, 0.25) is 0 Å². The number of rotatable bonds is 0. The van der Waals surface area contributed by atoms with Crippen molar-refractivity contribution in [3.8, 4) is 0 Å². The maximum Gasteiger partial charge on any atom is 0.142 e. The van der Waals surface area contributed by atoms with E-state index in [1.807, 2.05) is 18.3 Å². The first-order valence-corrected chi connectivity index (χ1v) is 7.89. The van der Waals surface area contributed by atoms with E-state index in [0.717, 1.165) is 21.1 Å². The fourth-order valence-corrected chi connectivity index (χ4v) is 4.34. The second-order valence-electron chi connectivity index (χ2n) is 5.34. The van der Waals surface area contributed by atoms with Gasteiger partial charge in [-0.3, -0.25) is 4.98 Å². The molecule has 3 aromatic heterocycles. The van der Waals surface area contributed by atoms with E-state index in [1.165, 1.54) is 20.9 Å². The lowest BCUT2D eigenvalue weighted by Crippen LogP contribution is -1.92. The molecule has 104 valence electrons. The van der Waals surface area contributed by atoms with Crippen molar-refractivity contribution < 1.29 is 0 Å². The fourth-order valence-electron chi connectivity index (χ4n) is 3.10. The molecule has 5 aromatic rings. The summed E-state index contributed by atoms with van der Waals surface area (Å²) >= 11 is 1.71. The van der Waals surface area contributed by atoms with E-state index in [0.29, 0.717) is 5.82 Å². The van der Waals surface area contributed by atoms with Crippen LogP contribution in [0.5, 0.6) is 0 Å². The highest BCUT2D eigenvalue weighted by atomic mass is 32.1. The minimum Gasteiger partial charge on any atom is -0.382 e. The van der Waals surface area contributed by atoms with Gasteiger partial charge >= 0.3 is 0 Å². The molecule has 0 unspecified atom stereocenters. The molecule has 4 heteroatoms. The van der Waals surface area contributed by atoms with E-state index in [2.05, 4.69) is 46.4 Å². The number of hydrogen-bond donors (Lipinski definition) is 1. The second kappa shape index (κ2) is 4.15. The third-order valence-corrected chi connectivity index (χ3v) is 5.34. The predicted molar refractivity (Wildman–Crippen MR) is 94.3 cm³/mol. The van der Waals surface area contributed by atoms with Gasteiger partial charge in [-0.1, -0.05) is 36.4 Å². The van der Waals surface area contributed by atoms with Crippen LogP contribution in [0.2, 0.25) is 0 Å². The first-order chi connectivity index (χ1) is 10.8. The lowest BCUT2D eigenvalue weighted by molar-refractivity contribution is 1.37. The van der Waals surface area contributed by atoms with E-state index < -0.39 is 0 Å². The average molecular weight is 301 g/mol.